The largest absolute Gasteiger partial charge is 0.481 e. The topological polar surface area (TPSA) is 111 Å². The predicted octanol–water partition coefficient (Wildman–Crippen LogP) is 4.94. The summed E-state index contributed by atoms with van der Waals surface area (Å²) in [4.78, 5) is 38.6. The molecular formula is C27H29N3O4S. The number of hydrogen-bond acceptors (Lipinski definition) is 5. The lowest BCUT2D eigenvalue weighted by molar-refractivity contribution is -0.122. The monoisotopic (exact) mass is 491 g/mol. The highest BCUT2D eigenvalue weighted by Gasteiger charge is 2.27. The summed E-state index contributed by atoms with van der Waals surface area (Å²) in [5, 5.41) is 6.23. The molecule has 4 rings (SSSR count). The first-order valence-electron chi connectivity index (χ1n) is 11.6. The molecule has 0 bridgehead atoms. The van der Waals surface area contributed by atoms with Gasteiger partial charge in [-0.1, -0.05) is 25.1 Å². The number of amides is 3. The average Bonchev–Trinajstić information content (AvgIpc) is 3.17. The van der Waals surface area contributed by atoms with Crippen LogP contribution in [0.3, 0.4) is 0 Å². The number of para-hydroxylation sites is 1. The number of carbonyl (C=O) groups is 3. The van der Waals surface area contributed by atoms with E-state index in [0.717, 1.165) is 41.0 Å². The molecule has 182 valence electrons. The van der Waals surface area contributed by atoms with Gasteiger partial charge in [-0.15, -0.1) is 11.3 Å². The van der Waals surface area contributed by atoms with Crippen LogP contribution in [0.5, 0.6) is 5.75 Å². The van der Waals surface area contributed by atoms with Crippen LogP contribution in [0.25, 0.3) is 0 Å². The molecule has 4 N–H and O–H groups in total. The van der Waals surface area contributed by atoms with Crippen molar-refractivity contribution in [1.82, 2.24) is 0 Å². The van der Waals surface area contributed by atoms with E-state index in [1.165, 1.54) is 11.3 Å². The number of aryl methyl sites for hydroxylation is 1. The predicted molar refractivity (Wildman–Crippen MR) is 138 cm³/mol. The van der Waals surface area contributed by atoms with E-state index < -0.39 is 12.0 Å². The van der Waals surface area contributed by atoms with Crippen molar-refractivity contribution < 1.29 is 19.1 Å². The smallest absolute Gasteiger partial charge is 0.265 e. The van der Waals surface area contributed by atoms with Gasteiger partial charge in [-0.25, -0.2) is 0 Å². The maximum absolute atomic E-state index is 12.9. The van der Waals surface area contributed by atoms with E-state index in [0.29, 0.717) is 27.8 Å². The lowest BCUT2D eigenvalue weighted by Crippen LogP contribution is -2.30. The van der Waals surface area contributed by atoms with Crippen molar-refractivity contribution in [2.45, 2.75) is 46.1 Å². The number of nitrogens with two attached hydrogens (primary N) is 1. The number of carbonyl (C=O) groups excluding carboxylic acids is 3. The molecule has 0 saturated carbocycles. The Morgan fingerprint density at radius 2 is 1.80 bits per heavy atom. The molecule has 0 spiro atoms. The summed E-state index contributed by atoms with van der Waals surface area (Å²) in [7, 11) is 0. The normalized spacial score (nSPS) is 15.6. The molecule has 35 heavy (non-hydrogen) atoms. The first kappa shape index (κ1) is 24.5. The number of ether oxygens (including phenoxy) is 1. The summed E-state index contributed by atoms with van der Waals surface area (Å²) in [6.45, 7) is 5.77. The fourth-order valence-electron chi connectivity index (χ4n) is 4.16. The maximum Gasteiger partial charge on any atom is 0.265 e. The summed E-state index contributed by atoms with van der Waals surface area (Å²) in [5.41, 5.74) is 9.15. The highest BCUT2D eigenvalue weighted by molar-refractivity contribution is 7.17. The van der Waals surface area contributed by atoms with Gasteiger partial charge in [-0.05, 0) is 80.5 Å². The molecule has 3 aromatic rings. The zero-order valence-corrected chi connectivity index (χ0v) is 20.8. The van der Waals surface area contributed by atoms with Gasteiger partial charge in [-0.3, -0.25) is 14.4 Å². The average molecular weight is 492 g/mol. The van der Waals surface area contributed by atoms with Crippen molar-refractivity contribution in [3.63, 3.8) is 0 Å². The van der Waals surface area contributed by atoms with Gasteiger partial charge in [0.1, 0.15) is 10.8 Å². The van der Waals surface area contributed by atoms with Crippen LogP contribution in [0.4, 0.5) is 10.7 Å². The van der Waals surface area contributed by atoms with E-state index in [9.17, 15) is 14.4 Å². The Hall–Kier alpha value is -3.65. The highest BCUT2D eigenvalue weighted by atomic mass is 32.1. The van der Waals surface area contributed by atoms with Crippen molar-refractivity contribution in [3.05, 3.63) is 75.7 Å². The van der Waals surface area contributed by atoms with Crippen molar-refractivity contribution in [3.8, 4) is 5.75 Å². The lowest BCUT2D eigenvalue weighted by atomic mass is 9.88. The molecule has 0 radical (unpaired) electrons. The van der Waals surface area contributed by atoms with Crippen molar-refractivity contribution in [1.29, 1.82) is 0 Å². The third-order valence-electron chi connectivity index (χ3n) is 6.19. The molecule has 8 heteroatoms. The third kappa shape index (κ3) is 5.54. The van der Waals surface area contributed by atoms with Gasteiger partial charge < -0.3 is 21.1 Å². The molecule has 0 saturated heterocycles. The zero-order chi connectivity index (χ0) is 25.1. The summed E-state index contributed by atoms with van der Waals surface area (Å²) < 4.78 is 5.75. The Morgan fingerprint density at radius 3 is 2.49 bits per heavy atom. The van der Waals surface area contributed by atoms with E-state index >= 15 is 0 Å². The maximum atomic E-state index is 12.9. The van der Waals surface area contributed by atoms with Crippen molar-refractivity contribution >= 4 is 39.7 Å². The van der Waals surface area contributed by atoms with E-state index in [4.69, 9.17) is 10.5 Å². The Morgan fingerprint density at radius 1 is 1.09 bits per heavy atom. The molecule has 1 aromatic heterocycles. The number of thiophene rings is 1. The fourth-order valence-corrected chi connectivity index (χ4v) is 5.58. The van der Waals surface area contributed by atoms with Crippen LogP contribution in [0.15, 0.2) is 48.5 Å². The molecule has 1 heterocycles. The molecular weight excluding hydrogens is 462 g/mol. The van der Waals surface area contributed by atoms with Crippen LogP contribution in [0.1, 0.15) is 57.0 Å². The van der Waals surface area contributed by atoms with Crippen LogP contribution in [0.2, 0.25) is 0 Å². The minimum absolute atomic E-state index is 0.268. The third-order valence-corrected chi connectivity index (χ3v) is 7.36. The zero-order valence-electron chi connectivity index (χ0n) is 20.0. The summed E-state index contributed by atoms with van der Waals surface area (Å²) in [6, 6.07) is 14.0. The molecule has 1 aliphatic rings. The van der Waals surface area contributed by atoms with E-state index in [2.05, 4.69) is 17.6 Å². The number of anilines is 2. The fraction of sp³-hybridized carbons (Fsp3) is 0.296. The lowest BCUT2D eigenvalue weighted by Gasteiger charge is -2.18. The van der Waals surface area contributed by atoms with Gasteiger partial charge >= 0.3 is 0 Å². The number of fused-ring (bicyclic) bond motifs is 1. The summed E-state index contributed by atoms with van der Waals surface area (Å²) >= 11 is 1.43. The second-order valence-electron chi connectivity index (χ2n) is 8.96. The summed E-state index contributed by atoms with van der Waals surface area (Å²) in [5.74, 6) is -0.118. The Balaban J connectivity index is 1.41. The SMILES string of the molecule is Cc1ccccc1NC(=O)[C@H](C)Oc1ccc(C(=O)Nc2sc3c(c2C(N)=O)CC[C@@H](C)C3)cc1. The number of hydrogen-bond donors (Lipinski definition) is 3. The minimum Gasteiger partial charge on any atom is -0.481 e. The highest BCUT2D eigenvalue weighted by Crippen LogP contribution is 2.39. The number of rotatable bonds is 7. The first-order chi connectivity index (χ1) is 16.7. The van der Waals surface area contributed by atoms with E-state index in [1.54, 1.807) is 31.2 Å². The van der Waals surface area contributed by atoms with Crippen molar-refractivity contribution in [2.75, 3.05) is 10.6 Å². The number of nitrogens with one attached hydrogen (secondary N) is 2. The Kier molecular flexibility index (Phi) is 7.21. The van der Waals surface area contributed by atoms with Crippen LogP contribution in [-0.2, 0) is 17.6 Å². The quantitative estimate of drug-likeness (QED) is 0.435. The van der Waals surface area contributed by atoms with Gasteiger partial charge in [0.2, 0.25) is 0 Å². The Bertz CT molecular complexity index is 1270. The van der Waals surface area contributed by atoms with Crippen LogP contribution >= 0.6 is 11.3 Å². The summed E-state index contributed by atoms with van der Waals surface area (Å²) in [6.07, 6.45) is 1.95. The van der Waals surface area contributed by atoms with Gasteiger partial charge in [-0.2, -0.15) is 0 Å². The van der Waals surface area contributed by atoms with Gasteiger partial charge in [0.05, 0.1) is 5.56 Å². The number of benzene rings is 2. The standard InChI is InChI=1S/C27H29N3O4S/c1-15-8-13-20-22(14-15)35-27(23(20)24(28)31)30-26(33)18-9-11-19(12-10-18)34-17(3)25(32)29-21-7-5-4-6-16(21)2/h4-7,9-12,15,17H,8,13-14H2,1-3H3,(H2,28,31)(H,29,32)(H,30,33)/t15-,17+/m1/s1. The van der Waals surface area contributed by atoms with Crippen LogP contribution in [0, 0.1) is 12.8 Å². The first-order valence-corrected chi connectivity index (χ1v) is 12.4. The van der Waals surface area contributed by atoms with Gasteiger partial charge in [0.25, 0.3) is 17.7 Å². The van der Waals surface area contributed by atoms with Crippen LogP contribution in [-0.4, -0.2) is 23.8 Å². The van der Waals surface area contributed by atoms with Crippen molar-refractivity contribution in [2.24, 2.45) is 11.7 Å². The van der Waals surface area contributed by atoms with Gasteiger partial charge in [0.15, 0.2) is 6.10 Å². The number of primary amides is 1. The van der Waals surface area contributed by atoms with E-state index in [1.807, 2.05) is 31.2 Å². The Labute approximate surface area is 208 Å². The molecule has 0 unspecified atom stereocenters. The van der Waals surface area contributed by atoms with E-state index in [-0.39, 0.29) is 11.8 Å². The second kappa shape index (κ2) is 10.3. The second-order valence-corrected chi connectivity index (χ2v) is 10.1. The molecule has 7 nitrogen and oxygen atoms in total. The molecule has 0 aliphatic heterocycles. The molecule has 2 aromatic carbocycles. The molecule has 3 amide bonds. The van der Waals surface area contributed by atoms with Crippen LogP contribution < -0.4 is 21.1 Å². The molecule has 1 aliphatic carbocycles. The van der Waals surface area contributed by atoms with Gasteiger partial charge in [0, 0.05) is 16.1 Å². The minimum atomic E-state index is -0.729. The molecule has 0 fully saturated rings. The molecule has 2 atom stereocenters.